The van der Waals surface area contributed by atoms with E-state index in [4.69, 9.17) is 0 Å². The van der Waals surface area contributed by atoms with E-state index in [1.165, 1.54) is 0 Å². The highest BCUT2D eigenvalue weighted by atomic mass is 16.2. The van der Waals surface area contributed by atoms with E-state index in [9.17, 15) is 9.59 Å². The molecule has 2 unspecified atom stereocenters. The normalized spacial score (nSPS) is 25.9. The number of ketones is 1. The zero-order valence-corrected chi connectivity index (χ0v) is 8.75. The molecule has 0 radical (unpaired) electrons. The van der Waals surface area contributed by atoms with Crippen LogP contribution in [0.3, 0.4) is 0 Å². The van der Waals surface area contributed by atoms with Crippen LogP contribution in [0.25, 0.3) is 0 Å². The van der Waals surface area contributed by atoms with Crippen molar-refractivity contribution < 1.29 is 9.59 Å². The number of rotatable bonds is 3. The summed E-state index contributed by atoms with van der Waals surface area (Å²) in [5.74, 6) is -0.147. The van der Waals surface area contributed by atoms with Crippen LogP contribution >= 0.6 is 0 Å². The van der Waals surface area contributed by atoms with E-state index in [1.54, 1.807) is 6.92 Å². The average Bonchev–Trinajstić information content (AvgIpc) is 2.18. The molecular weight excluding hydrogens is 178 g/mol. The first-order valence-electron chi connectivity index (χ1n) is 5.10. The number of Topliss-reactive ketones (excluding diaryl/α,β-unsaturated/α-hetero) is 1. The maximum atomic E-state index is 11.6. The van der Waals surface area contributed by atoms with Gasteiger partial charge in [-0.1, -0.05) is 12.2 Å². The number of allylic oxidation sites excluding steroid dienone is 2. The minimum absolute atomic E-state index is 0.0112. The van der Waals surface area contributed by atoms with Crippen molar-refractivity contribution in [2.24, 2.45) is 11.8 Å². The summed E-state index contributed by atoms with van der Waals surface area (Å²) in [7, 11) is 0. The maximum absolute atomic E-state index is 11.6. The lowest BCUT2D eigenvalue weighted by Gasteiger charge is -2.25. The van der Waals surface area contributed by atoms with Crippen LogP contribution in [-0.2, 0) is 9.59 Å². The average molecular weight is 195 g/mol. The number of hydrogen-bond donors (Lipinski definition) is 1. The third-order valence-corrected chi connectivity index (χ3v) is 2.64. The molecular formula is C11H17NO2. The van der Waals surface area contributed by atoms with Crippen LogP contribution < -0.4 is 5.32 Å². The fourth-order valence-electron chi connectivity index (χ4n) is 1.86. The van der Waals surface area contributed by atoms with Gasteiger partial charge in [0.15, 0.2) is 0 Å². The van der Waals surface area contributed by atoms with Gasteiger partial charge >= 0.3 is 0 Å². The molecule has 1 aliphatic rings. The molecule has 0 aromatic heterocycles. The van der Waals surface area contributed by atoms with Crippen molar-refractivity contribution in [3.8, 4) is 0 Å². The molecule has 1 N–H and O–H groups in total. The SMILES string of the molecule is CCNC(=O)C1CC=CCC1C(C)=O. The molecule has 0 aromatic rings. The zero-order valence-electron chi connectivity index (χ0n) is 8.75. The van der Waals surface area contributed by atoms with Crippen LogP contribution in [0, 0.1) is 11.8 Å². The molecule has 1 aliphatic carbocycles. The number of nitrogens with one attached hydrogen (secondary N) is 1. The van der Waals surface area contributed by atoms with E-state index in [-0.39, 0.29) is 23.5 Å². The third kappa shape index (κ3) is 2.44. The Labute approximate surface area is 84.6 Å². The Bertz CT molecular complexity index is 258. The molecule has 14 heavy (non-hydrogen) atoms. The highest BCUT2D eigenvalue weighted by Gasteiger charge is 2.31. The number of amides is 1. The Morgan fingerprint density at radius 2 is 1.86 bits per heavy atom. The van der Waals surface area contributed by atoms with Crippen molar-refractivity contribution in [3.63, 3.8) is 0 Å². The van der Waals surface area contributed by atoms with Gasteiger partial charge in [-0.2, -0.15) is 0 Å². The van der Waals surface area contributed by atoms with E-state index in [1.807, 2.05) is 19.1 Å². The summed E-state index contributed by atoms with van der Waals surface area (Å²) in [5.41, 5.74) is 0. The van der Waals surface area contributed by atoms with Gasteiger partial charge in [0, 0.05) is 12.5 Å². The Morgan fingerprint density at radius 1 is 1.29 bits per heavy atom. The first kappa shape index (κ1) is 11.0. The van der Waals surface area contributed by atoms with Gasteiger partial charge in [0.05, 0.1) is 5.92 Å². The van der Waals surface area contributed by atoms with E-state index < -0.39 is 0 Å². The van der Waals surface area contributed by atoms with Crippen molar-refractivity contribution in [3.05, 3.63) is 12.2 Å². The molecule has 0 fully saturated rings. The predicted molar refractivity (Wildman–Crippen MR) is 54.7 cm³/mol. The highest BCUT2D eigenvalue weighted by molar-refractivity contribution is 5.88. The van der Waals surface area contributed by atoms with Gasteiger partial charge in [-0.3, -0.25) is 9.59 Å². The summed E-state index contributed by atoms with van der Waals surface area (Å²) in [5, 5.41) is 2.78. The summed E-state index contributed by atoms with van der Waals surface area (Å²) in [6.07, 6.45) is 5.37. The van der Waals surface area contributed by atoms with Crippen LogP contribution in [0.5, 0.6) is 0 Å². The third-order valence-electron chi connectivity index (χ3n) is 2.64. The lowest BCUT2D eigenvalue weighted by Crippen LogP contribution is -2.38. The van der Waals surface area contributed by atoms with Crippen molar-refractivity contribution in [2.45, 2.75) is 26.7 Å². The first-order chi connectivity index (χ1) is 6.66. The van der Waals surface area contributed by atoms with E-state index >= 15 is 0 Å². The van der Waals surface area contributed by atoms with Gasteiger partial charge < -0.3 is 5.32 Å². The van der Waals surface area contributed by atoms with E-state index in [0.717, 1.165) is 0 Å². The second kappa shape index (κ2) is 4.94. The molecule has 0 aromatic carbocycles. The van der Waals surface area contributed by atoms with E-state index in [2.05, 4.69) is 5.32 Å². The molecule has 2 atom stereocenters. The van der Waals surface area contributed by atoms with Crippen molar-refractivity contribution in [2.75, 3.05) is 6.54 Å². The summed E-state index contributed by atoms with van der Waals surface area (Å²) in [6.45, 7) is 4.08. The smallest absolute Gasteiger partial charge is 0.224 e. The first-order valence-corrected chi connectivity index (χ1v) is 5.10. The molecule has 3 heteroatoms. The molecule has 0 heterocycles. The Balaban J connectivity index is 2.69. The summed E-state index contributed by atoms with van der Waals surface area (Å²) in [6, 6.07) is 0. The van der Waals surface area contributed by atoms with Crippen molar-refractivity contribution in [1.82, 2.24) is 5.32 Å². The lowest BCUT2D eigenvalue weighted by atomic mass is 9.80. The number of carbonyl (C=O) groups is 2. The maximum Gasteiger partial charge on any atom is 0.224 e. The van der Waals surface area contributed by atoms with E-state index in [0.29, 0.717) is 19.4 Å². The summed E-state index contributed by atoms with van der Waals surface area (Å²) >= 11 is 0. The van der Waals surface area contributed by atoms with Crippen LogP contribution in [-0.4, -0.2) is 18.2 Å². The second-order valence-corrected chi connectivity index (χ2v) is 3.66. The summed E-state index contributed by atoms with van der Waals surface area (Å²) in [4.78, 5) is 22.9. The number of carbonyl (C=O) groups excluding carboxylic acids is 2. The standard InChI is InChI=1S/C11H17NO2/c1-3-12-11(14)10-7-5-4-6-9(10)8(2)13/h4-5,9-10H,3,6-7H2,1-2H3,(H,12,14). The largest absolute Gasteiger partial charge is 0.356 e. The Kier molecular flexibility index (Phi) is 3.86. The molecule has 3 nitrogen and oxygen atoms in total. The van der Waals surface area contributed by atoms with Crippen molar-refractivity contribution in [1.29, 1.82) is 0 Å². The van der Waals surface area contributed by atoms with Crippen molar-refractivity contribution >= 4 is 11.7 Å². The van der Waals surface area contributed by atoms with Crippen LogP contribution in [0.2, 0.25) is 0 Å². The molecule has 78 valence electrons. The van der Waals surface area contributed by atoms with Gasteiger partial charge in [-0.05, 0) is 26.7 Å². The molecule has 1 rings (SSSR count). The van der Waals surface area contributed by atoms with Gasteiger partial charge in [0.2, 0.25) is 5.91 Å². The van der Waals surface area contributed by atoms with Gasteiger partial charge in [0.25, 0.3) is 0 Å². The van der Waals surface area contributed by atoms with Crippen LogP contribution in [0.1, 0.15) is 26.7 Å². The fourth-order valence-corrected chi connectivity index (χ4v) is 1.86. The predicted octanol–water partition coefficient (Wildman–Crippen LogP) is 1.29. The van der Waals surface area contributed by atoms with Gasteiger partial charge in [-0.25, -0.2) is 0 Å². The molecule has 1 amide bonds. The zero-order chi connectivity index (χ0) is 10.6. The molecule has 0 bridgehead atoms. The quantitative estimate of drug-likeness (QED) is 0.690. The fraction of sp³-hybridized carbons (Fsp3) is 0.636. The number of hydrogen-bond acceptors (Lipinski definition) is 2. The minimum Gasteiger partial charge on any atom is -0.356 e. The molecule has 0 saturated carbocycles. The topological polar surface area (TPSA) is 46.2 Å². The lowest BCUT2D eigenvalue weighted by molar-refractivity contribution is -0.132. The Hall–Kier alpha value is -1.12. The highest BCUT2D eigenvalue weighted by Crippen LogP contribution is 2.26. The van der Waals surface area contributed by atoms with Gasteiger partial charge in [0.1, 0.15) is 5.78 Å². The monoisotopic (exact) mass is 195 g/mol. The minimum atomic E-state index is -0.155. The molecule has 0 spiro atoms. The second-order valence-electron chi connectivity index (χ2n) is 3.66. The van der Waals surface area contributed by atoms with Crippen LogP contribution in [0.15, 0.2) is 12.2 Å². The Morgan fingerprint density at radius 3 is 2.36 bits per heavy atom. The van der Waals surface area contributed by atoms with Gasteiger partial charge in [-0.15, -0.1) is 0 Å². The summed E-state index contributed by atoms with van der Waals surface area (Å²) < 4.78 is 0. The molecule has 0 saturated heterocycles. The van der Waals surface area contributed by atoms with Crippen LogP contribution in [0.4, 0.5) is 0 Å². The molecule has 0 aliphatic heterocycles.